The molecule has 0 aliphatic carbocycles. The van der Waals surface area contributed by atoms with Crippen LogP contribution in [0.15, 0.2) is 18.2 Å². The first-order valence-corrected chi connectivity index (χ1v) is 5.97. The number of nitrogens with zero attached hydrogens (tertiary/aromatic N) is 1. The number of aromatic nitrogens is 3. The Kier molecular flexibility index (Phi) is 2.20. The molecule has 0 fully saturated rings. The van der Waals surface area contributed by atoms with Crippen molar-refractivity contribution in [3.63, 3.8) is 0 Å². The van der Waals surface area contributed by atoms with Crippen molar-refractivity contribution in [2.75, 3.05) is 5.73 Å². The van der Waals surface area contributed by atoms with Gasteiger partial charge in [-0.25, -0.2) is 0 Å². The molecule has 0 aliphatic heterocycles. The summed E-state index contributed by atoms with van der Waals surface area (Å²) in [5, 5.41) is 8.25. The molecule has 2 heterocycles. The average Bonchev–Trinajstić information content (AvgIpc) is 2.88. The van der Waals surface area contributed by atoms with Crippen molar-refractivity contribution in [2.45, 2.75) is 20.8 Å². The van der Waals surface area contributed by atoms with Gasteiger partial charge in [-0.1, -0.05) is 12.1 Å². The minimum absolute atomic E-state index is 0.518. The number of nitrogen functional groups attached to an aromatic ring is 1. The maximum absolute atomic E-state index is 5.69. The fourth-order valence-corrected chi connectivity index (χ4v) is 2.53. The summed E-state index contributed by atoms with van der Waals surface area (Å²) in [7, 11) is 0. The first kappa shape index (κ1) is 10.9. The van der Waals surface area contributed by atoms with Gasteiger partial charge in [-0.05, 0) is 31.9 Å². The Labute approximate surface area is 105 Å². The van der Waals surface area contributed by atoms with Gasteiger partial charge >= 0.3 is 0 Å². The molecule has 2 aromatic heterocycles. The Morgan fingerprint density at radius 3 is 2.50 bits per heavy atom. The highest BCUT2D eigenvalue weighted by Gasteiger charge is 2.15. The van der Waals surface area contributed by atoms with E-state index < -0.39 is 0 Å². The van der Waals surface area contributed by atoms with Gasteiger partial charge in [-0.3, -0.25) is 5.10 Å². The van der Waals surface area contributed by atoms with Crippen molar-refractivity contribution in [3.05, 3.63) is 35.0 Å². The van der Waals surface area contributed by atoms with Gasteiger partial charge in [0.05, 0.1) is 5.69 Å². The zero-order valence-corrected chi connectivity index (χ0v) is 10.8. The van der Waals surface area contributed by atoms with Gasteiger partial charge in [-0.15, -0.1) is 0 Å². The van der Waals surface area contributed by atoms with Gasteiger partial charge in [0.15, 0.2) is 0 Å². The Hall–Kier alpha value is -2.23. The van der Waals surface area contributed by atoms with Gasteiger partial charge in [0.1, 0.15) is 5.82 Å². The van der Waals surface area contributed by atoms with Crippen LogP contribution in [0.3, 0.4) is 0 Å². The van der Waals surface area contributed by atoms with Crippen molar-refractivity contribution in [3.8, 4) is 11.3 Å². The number of aryl methyl sites for hydroxylation is 3. The number of benzene rings is 1. The number of aromatic amines is 2. The number of hydrogen-bond acceptors (Lipinski definition) is 2. The Balaban J connectivity index is 2.42. The molecule has 0 amide bonds. The quantitative estimate of drug-likeness (QED) is 0.611. The molecule has 0 aliphatic rings. The topological polar surface area (TPSA) is 70.5 Å². The number of anilines is 1. The zero-order chi connectivity index (χ0) is 12.9. The van der Waals surface area contributed by atoms with Crippen LogP contribution in [0.25, 0.3) is 22.2 Å². The SMILES string of the molecule is Cc1[nH]c2c(C)ccc(C)c2c1-c1cc(N)n[nH]1. The minimum Gasteiger partial charge on any atom is -0.382 e. The highest BCUT2D eigenvalue weighted by atomic mass is 15.2. The number of nitrogens with two attached hydrogens (primary N) is 1. The largest absolute Gasteiger partial charge is 0.382 e. The van der Waals surface area contributed by atoms with Crippen LogP contribution in [0.5, 0.6) is 0 Å². The maximum atomic E-state index is 5.69. The summed E-state index contributed by atoms with van der Waals surface area (Å²) in [6.07, 6.45) is 0. The van der Waals surface area contributed by atoms with E-state index in [0.717, 1.165) is 17.0 Å². The molecule has 18 heavy (non-hydrogen) atoms. The van der Waals surface area contributed by atoms with Crippen LogP contribution < -0.4 is 5.73 Å². The lowest BCUT2D eigenvalue weighted by atomic mass is 10.0. The van der Waals surface area contributed by atoms with Crippen LogP contribution in [0, 0.1) is 20.8 Å². The predicted molar refractivity (Wildman–Crippen MR) is 74.5 cm³/mol. The molecule has 0 radical (unpaired) electrons. The zero-order valence-electron chi connectivity index (χ0n) is 10.8. The van der Waals surface area contributed by atoms with E-state index >= 15 is 0 Å². The molecule has 0 bridgehead atoms. The average molecular weight is 240 g/mol. The number of H-pyrrole nitrogens is 2. The number of hydrogen-bond donors (Lipinski definition) is 3. The van der Waals surface area contributed by atoms with Gasteiger partial charge in [0.2, 0.25) is 0 Å². The summed E-state index contributed by atoms with van der Waals surface area (Å²) in [4.78, 5) is 3.46. The summed E-state index contributed by atoms with van der Waals surface area (Å²) in [6.45, 7) is 6.31. The molecule has 0 atom stereocenters. The molecule has 0 saturated heterocycles. The summed E-state index contributed by atoms with van der Waals surface area (Å²) >= 11 is 0. The molecule has 3 aromatic rings. The second-order valence-electron chi connectivity index (χ2n) is 4.78. The standard InChI is InChI=1S/C14H16N4/c1-7-4-5-8(2)14-12(7)13(9(3)16-14)10-6-11(15)18-17-10/h4-6,16H,1-3H3,(H3,15,17,18). The molecule has 4 nitrogen and oxygen atoms in total. The van der Waals surface area contributed by atoms with E-state index in [4.69, 9.17) is 5.73 Å². The lowest BCUT2D eigenvalue weighted by molar-refractivity contribution is 1.10. The fraction of sp³-hybridized carbons (Fsp3) is 0.214. The highest BCUT2D eigenvalue weighted by molar-refractivity contribution is 6.00. The normalized spacial score (nSPS) is 11.3. The number of fused-ring (bicyclic) bond motifs is 1. The van der Waals surface area contributed by atoms with Crippen LogP contribution in [0.2, 0.25) is 0 Å². The van der Waals surface area contributed by atoms with E-state index in [1.807, 2.05) is 6.07 Å². The Morgan fingerprint density at radius 2 is 1.83 bits per heavy atom. The van der Waals surface area contributed by atoms with E-state index in [0.29, 0.717) is 5.82 Å². The molecule has 0 unspecified atom stereocenters. The molecular weight excluding hydrogens is 224 g/mol. The van der Waals surface area contributed by atoms with Gasteiger partial charge in [0, 0.05) is 28.2 Å². The van der Waals surface area contributed by atoms with Crippen LogP contribution in [-0.2, 0) is 0 Å². The summed E-state index contributed by atoms with van der Waals surface area (Å²) in [5.41, 5.74) is 12.6. The van der Waals surface area contributed by atoms with Gasteiger partial charge < -0.3 is 10.7 Å². The van der Waals surface area contributed by atoms with Crippen LogP contribution in [-0.4, -0.2) is 15.2 Å². The molecule has 92 valence electrons. The number of nitrogens with one attached hydrogen (secondary N) is 2. The molecule has 3 rings (SSSR count). The second-order valence-corrected chi connectivity index (χ2v) is 4.78. The Morgan fingerprint density at radius 1 is 1.11 bits per heavy atom. The summed E-state index contributed by atoms with van der Waals surface area (Å²) < 4.78 is 0. The molecule has 1 aromatic carbocycles. The third-order valence-electron chi connectivity index (χ3n) is 3.43. The number of rotatable bonds is 1. The first-order valence-electron chi connectivity index (χ1n) is 5.97. The van der Waals surface area contributed by atoms with E-state index in [1.54, 1.807) is 0 Å². The van der Waals surface area contributed by atoms with E-state index in [-0.39, 0.29) is 0 Å². The smallest absolute Gasteiger partial charge is 0.145 e. The van der Waals surface area contributed by atoms with Crippen LogP contribution >= 0.6 is 0 Å². The lowest BCUT2D eigenvalue weighted by Gasteiger charge is -2.02. The van der Waals surface area contributed by atoms with Crippen LogP contribution in [0.1, 0.15) is 16.8 Å². The van der Waals surface area contributed by atoms with Gasteiger partial charge in [-0.2, -0.15) is 5.10 Å². The van der Waals surface area contributed by atoms with Crippen molar-refractivity contribution in [1.29, 1.82) is 0 Å². The lowest BCUT2D eigenvalue weighted by Crippen LogP contribution is -1.83. The molecule has 4 heteroatoms. The monoisotopic (exact) mass is 240 g/mol. The summed E-state index contributed by atoms with van der Waals surface area (Å²) in [5.74, 6) is 0.518. The van der Waals surface area contributed by atoms with Gasteiger partial charge in [0.25, 0.3) is 0 Å². The second kappa shape index (κ2) is 3.63. The van der Waals surface area contributed by atoms with Crippen LogP contribution in [0.4, 0.5) is 5.82 Å². The molecule has 0 saturated carbocycles. The maximum Gasteiger partial charge on any atom is 0.145 e. The predicted octanol–water partition coefficient (Wildman–Crippen LogP) is 3.07. The van der Waals surface area contributed by atoms with Crippen molar-refractivity contribution < 1.29 is 0 Å². The van der Waals surface area contributed by atoms with E-state index in [2.05, 4.69) is 48.1 Å². The van der Waals surface area contributed by atoms with Crippen molar-refractivity contribution in [2.24, 2.45) is 0 Å². The van der Waals surface area contributed by atoms with Crippen molar-refractivity contribution in [1.82, 2.24) is 15.2 Å². The van der Waals surface area contributed by atoms with E-state index in [1.165, 1.54) is 22.0 Å². The minimum atomic E-state index is 0.518. The Bertz CT molecular complexity index is 734. The third-order valence-corrected chi connectivity index (χ3v) is 3.43. The summed E-state index contributed by atoms with van der Waals surface area (Å²) in [6, 6.07) is 6.16. The third kappa shape index (κ3) is 1.42. The fourth-order valence-electron chi connectivity index (χ4n) is 2.53. The first-order chi connectivity index (χ1) is 8.58. The van der Waals surface area contributed by atoms with E-state index in [9.17, 15) is 0 Å². The highest BCUT2D eigenvalue weighted by Crippen LogP contribution is 2.35. The molecule has 4 N–H and O–H groups in total. The molecular formula is C14H16N4. The molecule has 0 spiro atoms. The van der Waals surface area contributed by atoms with Crippen molar-refractivity contribution >= 4 is 16.7 Å².